The monoisotopic (exact) mass is 94.0 g/mol. The van der Waals surface area contributed by atoms with E-state index in [0.717, 1.165) is 12.0 Å². The molecule has 1 unspecified atom stereocenters. The molecule has 0 amide bonds. The second kappa shape index (κ2) is 1.36. The van der Waals surface area contributed by atoms with E-state index in [-0.39, 0.29) is 0 Å². The molecular formula is C6H6O. The normalized spacial score (nSPS) is 26.3. The zero-order valence-corrected chi connectivity index (χ0v) is 3.98. The third kappa shape index (κ3) is 0.625. The van der Waals surface area contributed by atoms with Crippen LogP contribution in [0.2, 0.25) is 0 Å². The molecule has 1 atom stereocenters. The number of rotatable bonds is 1. The first-order chi connectivity index (χ1) is 3.38. The lowest BCUT2D eigenvalue weighted by Gasteiger charge is -1.63. The Morgan fingerprint density at radius 2 is 2.71 bits per heavy atom. The van der Waals surface area contributed by atoms with Gasteiger partial charge >= 0.3 is 0 Å². The van der Waals surface area contributed by atoms with Crippen molar-refractivity contribution in [3.05, 3.63) is 18.2 Å². The second-order valence-electron chi connectivity index (χ2n) is 1.67. The Bertz CT molecular complexity index is 140. The summed E-state index contributed by atoms with van der Waals surface area (Å²) in [5.74, 6) is 2.21. The highest BCUT2D eigenvalue weighted by atomic mass is 16.1. The van der Waals surface area contributed by atoms with Crippen molar-refractivity contribution in [3.63, 3.8) is 0 Å². The molecule has 0 heterocycles. The fourth-order valence-corrected chi connectivity index (χ4v) is 0.521. The van der Waals surface area contributed by atoms with E-state index in [1.807, 2.05) is 5.94 Å². The van der Waals surface area contributed by atoms with Gasteiger partial charge in [0.15, 0.2) is 0 Å². The predicted octanol–water partition coefficient (Wildman–Crippen LogP) is 0.950. The van der Waals surface area contributed by atoms with E-state index in [4.69, 9.17) is 0 Å². The van der Waals surface area contributed by atoms with Gasteiger partial charge in [-0.15, -0.1) is 6.58 Å². The molecule has 0 aliphatic heterocycles. The van der Waals surface area contributed by atoms with E-state index < -0.39 is 0 Å². The second-order valence-corrected chi connectivity index (χ2v) is 1.67. The van der Waals surface area contributed by atoms with Crippen LogP contribution >= 0.6 is 0 Å². The molecule has 0 bridgehead atoms. The molecule has 1 rings (SSSR count). The van der Waals surface area contributed by atoms with Crippen LogP contribution in [0.15, 0.2) is 18.2 Å². The van der Waals surface area contributed by atoms with Gasteiger partial charge in [0, 0.05) is 11.5 Å². The molecule has 0 radical (unpaired) electrons. The van der Waals surface area contributed by atoms with Crippen LogP contribution in [0.4, 0.5) is 0 Å². The van der Waals surface area contributed by atoms with Crippen LogP contribution in [0.25, 0.3) is 0 Å². The summed E-state index contributed by atoms with van der Waals surface area (Å²) in [5, 5.41) is 0. The lowest BCUT2D eigenvalue weighted by Crippen LogP contribution is -1.57. The first-order valence-electron chi connectivity index (χ1n) is 2.25. The molecule has 1 heteroatoms. The predicted molar refractivity (Wildman–Crippen MR) is 27.5 cm³/mol. The van der Waals surface area contributed by atoms with Gasteiger partial charge in [0.1, 0.15) is 5.94 Å². The van der Waals surface area contributed by atoms with Crippen molar-refractivity contribution < 1.29 is 4.79 Å². The smallest absolute Gasteiger partial charge is 0.124 e. The zero-order chi connectivity index (χ0) is 5.28. The van der Waals surface area contributed by atoms with Crippen molar-refractivity contribution in [2.75, 3.05) is 0 Å². The highest BCUT2D eigenvalue weighted by Gasteiger charge is 2.27. The number of allylic oxidation sites excluding steroid dienone is 2. The molecule has 0 aromatic rings. The van der Waals surface area contributed by atoms with Gasteiger partial charge in [0.25, 0.3) is 0 Å². The van der Waals surface area contributed by atoms with Crippen molar-refractivity contribution >= 4 is 5.94 Å². The molecule has 1 aliphatic carbocycles. The summed E-state index contributed by atoms with van der Waals surface area (Å²) in [6.07, 6.45) is 2.67. The SMILES string of the molecule is C=CC1CC1=C=O. The number of hydrogen-bond acceptors (Lipinski definition) is 1. The first kappa shape index (κ1) is 4.35. The minimum absolute atomic E-state index is 0.373. The summed E-state index contributed by atoms with van der Waals surface area (Å²) in [7, 11) is 0. The first-order valence-corrected chi connectivity index (χ1v) is 2.25. The van der Waals surface area contributed by atoms with Crippen LogP contribution in [0.1, 0.15) is 6.42 Å². The summed E-state index contributed by atoms with van der Waals surface area (Å²) in [4.78, 5) is 9.73. The van der Waals surface area contributed by atoms with E-state index in [9.17, 15) is 4.79 Å². The molecule has 36 valence electrons. The summed E-state index contributed by atoms with van der Waals surface area (Å²) in [6, 6.07) is 0. The maximum absolute atomic E-state index is 9.73. The summed E-state index contributed by atoms with van der Waals surface area (Å²) < 4.78 is 0. The van der Waals surface area contributed by atoms with Gasteiger partial charge in [-0.1, -0.05) is 6.08 Å². The van der Waals surface area contributed by atoms with E-state index in [1.165, 1.54) is 0 Å². The van der Waals surface area contributed by atoms with Gasteiger partial charge in [-0.25, -0.2) is 4.79 Å². The molecule has 1 aliphatic rings. The average Bonchev–Trinajstić information content (AvgIpc) is 2.43. The molecular weight excluding hydrogens is 88.1 g/mol. The Hall–Kier alpha value is -0.810. The van der Waals surface area contributed by atoms with E-state index in [2.05, 4.69) is 6.58 Å². The Labute approximate surface area is 42.3 Å². The summed E-state index contributed by atoms with van der Waals surface area (Å²) in [5.41, 5.74) is 0.870. The number of carbonyl (C=O) groups excluding carboxylic acids is 1. The molecule has 0 aromatic heterocycles. The van der Waals surface area contributed by atoms with Crippen molar-refractivity contribution in [2.45, 2.75) is 6.42 Å². The summed E-state index contributed by atoms with van der Waals surface area (Å²) >= 11 is 0. The van der Waals surface area contributed by atoms with Gasteiger partial charge in [-0.05, 0) is 6.42 Å². The highest BCUT2D eigenvalue weighted by molar-refractivity contribution is 5.61. The van der Waals surface area contributed by atoms with Gasteiger partial charge in [-0.2, -0.15) is 0 Å². The molecule has 0 N–H and O–H groups in total. The molecule has 1 saturated carbocycles. The Kier molecular flexibility index (Phi) is 0.844. The quantitative estimate of drug-likeness (QED) is 0.349. The van der Waals surface area contributed by atoms with Crippen LogP contribution < -0.4 is 0 Å². The van der Waals surface area contributed by atoms with Crippen LogP contribution in [0.3, 0.4) is 0 Å². The summed E-state index contributed by atoms with van der Waals surface area (Å²) in [6.45, 7) is 3.52. The van der Waals surface area contributed by atoms with E-state index in [0.29, 0.717) is 5.92 Å². The highest BCUT2D eigenvalue weighted by Crippen LogP contribution is 2.35. The van der Waals surface area contributed by atoms with Crippen molar-refractivity contribution in [1.29, 1.82) is 0 Å². The van der Waals surface area contributed by atoms with Crippen LogP contribution in [-0.2, 0) is 4.79 Å². The minimum atomic E-state index is 0.373. The third-order valence-electron chi connectivity index (χ3n) is 1.14. The van der Waals surface area contributed by atoms with Crippen LogP contribution in [0, 0.1) is 5.92 Å². The van der Waals surface area contributed by atoms with E-state index in [1.54, 1.807) is 6.08 Å². The lowest BCUT2D eigenvalue weighted by molar-refractivity contribution is 0.568. The average molecular weight is 94.1 g/mol. The number of hydrogen-bond donors (Lipinski definition) is 0. The Balaban J connectivity index is 2.61. The van der Waals surface area contributed by atoms with Crippen LogP contribution in [0.5, 0.6) is 0 Å². The molecule has 1 fully saturated rings. The minimum Gasteiger partial charge on any atom is -0.234 e. The van der Waals surface area contributed by atoms with Crippen molar-refractivity contribution in [1.82, 2.24) is 0 Å². The largest absolute Gasteiger partial charge is 0.234 e. The fourth-order valence-electron chi connectivity index (χ4n) is 0.521. The van der Waals surface area contributed by atoms with Crippen molar-refractivity contribution in [2.24, 2.45) is 5.92 Å². The van der Waals surface area contributed by atoms with Gasteiger partial charge in [-0.3, -0.25) is 0 Å². The van der Waals surface area contributed by atoms with Crippen LogP contribution in [-0.4, -0.2) is 5.94 Å². The Morgan fingerprint density at radius 3 is 2.86 bits per heavy atom. The molecule has 0 spiro atoms. The third-order valence-corrected chi connectivity index (χ3v) is 1.14. The van der Waals surface area contributed by atoms with Gasteiger partial charge in [0.05, 0.1) is 0 Å². The maximum Gasteiger partial charge on any atom is 0.124 e. The molecule has 7 heavy (non-hydrogen) atoms. The molecule has 0 saturated heterocycles. The Morgan fingerprint density at radius 1 is 2.00 bits per heavy atom. The fraction of sp³-hybridized carbons (Fsp3) is 0.333. The maximum atomic E-state index is 9.73. The molecule has 1 nitrogen and oxygen atoms in total. The van der Waals surface area contributed by atoms with Crippen molar-refractivity contribution in [3.8, 4) is 0 Å². The van der Waals surface area contributed by atoms with Gasteiger partial charge in [0.2, 0.25) is 0 Å². The zero-order valence-electron chi connectivity index (χ0n) is 3.98. The molecule has 0 aromatic carbocycles. The standard InChI is InChI=1S/C6H6O/c1-2-5-3-6(5)4-7/h2,5H,1,3H2. The van der Waals surface area contributed by atoms with E-state index >= 15 is 0 Å². The van der Waals surface area contributed by atoms with Gasteiger partial charge < -0.3 is 0 Å². The topological polar surface area (TPSA) is 17.1 Å². The lowest BCUT2D eigenvalue weighted by atomic mass is 10.4.